The molecule has 4 aromatic rings. The number of esters is 1. The number of ether oxygens (including phenoxy) is 4. The van der Waals surface area contributed by atoms with Crippen molar-refractivity contribution < 1.29 is 76.1 Å². The van der Waals surface area contributed by atoms with Crippen LogP contribution < -0.4 is 17.2 Å². The van der Waals surface area contributed by atoms with Gasteiger partial charge in [-0.25, -0.2) is 33.7 Å². The lowest BCUT2D eigenvalue weighted by Crippen LogP contribution is -2.49. The zero-order valence-corrected chi connectivity index (χ0v) is 35.0. The summed E-state index contributed by atoms with van der Waals surface area (Å²) in [5.74, 6) is -1.74. The van der Waals surface area contributed by atoms with Gasteiger partial charge in [-0.15, -0.1) is 6.58 Å². The number of carbonyl (C=O) groups is 2. The first-order valence-corrected chi connectivity index (χ1v) is 21.9. The van der Waals surface area contributed by atoms with E-state index >= 15 is 0 Å². The van der Waals surface area contributed by atoms with E-state index in [9.17, 15) is 48.4 Å². The number of phosphoric ester groups is 2. The number of aliphatic hydroxyl groups excluding tert-OH is 2. The Balaban J connectivity index is 1.25. The molecule has 28 heteroatoms. The second kappa shape index (κ2) is 20.2. The summed E-state index contributed by atoms with van der Waals surface area (Å²) < 4.78 is 65.5. The average Bonchev–Trinajstić information content (AvgIpc) is 3.90. The van der Waals surface area contributed by atoms with Crippen molar-refractivity contribution in [3.8, 4) is 0 Å². The zero-order valence-electron chi connectivity index (χ0n) is 33.2. The number of nitrogens with two attached hydrogens (primary N) is 2. The van der Waals surface area contributed by atoms with Crippen LogP contribution in [-0.2, 0) is 57.8 Å². The van der Waals surface area contributed by atoms with Gasteiger partial charge in [-0.1, -0.05) is 36.4 Å². The fraction of sp³-hybridized carbons (Fsp3) is 0.457. The highest BCUT2D eigenvalue weighted by molar-refractivity contribution is 7.47. The molecule has 1 aromatic carbocycles. The van der Waals surface area contributed by atoms with E-state index in [1.54, 1.807) is 24.3 Å². The smallest absolute Gasteiger partial charge is 0.455 e. The number of nitrogens with zero attached hydrogens (tertiary/aromatic N) is 7. The van der Waals surface area contributed by atoms with Crippen molar-refractivity contribution in [2.75, 3.05) is 38.3 Å². The number of carbonyl (C=O) groups excluding carboxylic acids is 2. The highest BCUT2D eigenvalue weighted by atomic mass is 31.2. The van der Waals surface area contributed by atoms with E-state index < -0.39 is 102 Å². The van der Waals surface area contributed by atoms with Gasteiger partial charge in [0.2, 0.25) is 5.91 Å². The monoisotopic (exact) mass is 925 g/mol. The number of rotatable bonds is 20. The molecule has 5 heterocycles. The maximum atomic E-state index is 14.1. The predicted octanol–water partition coefficient (Wildman–Crippen LogP) is -0.702. The molecule has 6 rings (SSSR count). The average molecular weight is 926 g/mol. The first-order chi connectivity index (χ1) is 29.9. The van der Waals surface area contributed by atoms with E-state index in [1.165, 1.54) is 30.1 Å². The summed E-state index contributed by atoms with van der Waals surface area (Å²) in [6, 6.07) is 8.75. The van der Waals surface area contributed by atoms with E-state index in [1.807, 2.05) is 6.07 Å². The molecule has 0 radical (unpaired) electrons. The van der Waals surface area contributed by atoms with Gasteiger partial charge < -0.3 is 60.2 Å². The third-order valence-corrected chi connectivity index (χ3v) is 11.3. The maximum Gasteiger partial charge on any atom is 0.472 e. The Morgan fingerprint density at radius 2 is 1.63 bits per heavy atom. The standard InChI is InChI=1S/C35H45N9O17P2/c1-3-4-10-24(45)42(2)20(14-55-13-19-8-6-5-7-9-19)34(48)60-28-21(58-33(26(28)46)44-18-40-25-30(37)38-17-39-31(25)44)16-57-63(53,54)61-29-22(15-56-62(50,51)52)59-32(27(29)47)43-12-11-23(36)41-35(43)49/h3,5-9,11-12,17-18,20-22,26-29,32-33,46-47H,1,4,10,13-16H2,2H3,(H,53,54)(H2,36,41,49)(H2,37,38,39)(H2,50,51,52)/t20?,21-,22-,26-,27-,28-,29-,32-,33-/m1/s1. The van der Waals surface area contributed by atoms with Gasteiger partial charge in [-0.3, -0.25) is 27.5 Å². The van der Waals surface area contributed by atoms with Gasteiger partial charge in [0.25, 0.3) is 0 Å². The van der Waals surface area contributed by atoms with E-state index in [4.69, 9.17) is 39.5 Å². The summed E-state index contributed by atoms with van der Waals surface area (Å²) in [4.78, 5) is 86.3. The molecule has 2 unspecified atom stereocenters. The first-order valence-electron chi connectivity index (χ1n) is 18.9. The Hall–Kier alpha value is -5.05. The number of likely N-dealkylation sites (N-methyl/N-ethyl adjacent to an activating group) is 1. The van der Waals surface area contributed by atoms with Gasteiger partial charge >= 0.3 is 27.3 Å². The number of hydrogen-bond acceptors (Lipinski definition) is 20. The van der Waals surface area contributed by atoms with Gasteiger partial charge in [0.1, 0.15) is 48.2 Å². The minimum atomic E-state index is -5.43. The van der Waals surface area contributed by atoms with Crippen LogP contribution in [0.3, 0.4) is 0 Å². The van der Waals surface area contributed by atoms with Crippen molar-refractivity contribution >= 4 is 50.3 Å². The molecule has 0 saturated carbocycles. The van der Waals surface area contributed by atoms with Crippen LogP contribution in [0.25, 0.3) is 11.2 Å². The van der Waals surface area contributed by atoms with Gasteiger partial charge in [0, 0.05) is 19.7 Å². The molecular weight excluding hydrogens is 880 g/mol. The predicted molar refractivity (Wildman–Crippen MR) is 213 cm³/mol. The van der Waals surface area contributed by atoms with Crippen LogP contribution >= 0.6 is 15.6 Å². The molecular formula is C35H45N9O17P2. The number of nitrogen functional groups attached to an aromatic ring is 2. The lowest BCUT2D eigenvalue weighted by atomic mass is 10.1. The molecule has 63 heavy (non-hydrogen) atoms. The molecule has 2 aliphatic rings. The Morgan fingerprint density at radius 1 is 0.968 bits per heavy atom. The summed E-state index contributed by atoms with van der Waals surface area (Å²) in [7, 11) is -9.25. The fourth-order valence-corrected chi connectivity index (χ4v) is 7.94. The third kappa shape index (κ3) is 11.6. The minimum Gasteiger partial charge on any atom is -0.455 e. The summed E-state index contributed by atoms with van der Waals surface area (Å²) in [5, 5.41) is 22.9. The number of anilines is 2. The molecule has 2 fully saturated rings. The second-order valence-corrected chi connectivity index (χ2v) is 16.8. The number of aromatic nitrogens is 6. The number of benzene rings is 1. The Kier molecular flexibility index (Phi) is 15.2. The van der Waals surface area contributed by atoms with E-state index in [0.29, 0.717) is 6.42 Å². The molecule has 0 spiro atoms. The number of fused-ring (bicyclic) bond motifs is 1. The fourth-order valence-electron chi connectivity index (χ4n) is 6.63. The Bertz CT molecular complexity index is 2400. The number of hydrogen-bond donors (Lipinski definition) is 7. The molecule has 2 saturated heterocycles. The van der Waals surface area contributed by atoms with Crippen molar-refractivity contribution in [1.82, 2.24) is 34.0 Å². The Morgan fingerprint density at radius 3 is 2.32 bits per heavy atom. The zero-order chi connectivity index (χ0) is 45.6. The summed E-state index contributed by atoms with van der Waals surface area (Å²) >= 11 is 0. The molecule has 342 valence electrons. The van der Waals surface area contributed by atoms with Crippen molar-refractivity contribution in [2.24, 2.45) is 0 Å². The van der Waals surface area contributed by atoms with Gasteiger partial charge in [0.15, 0.2) is 36.1 Å². The number of amides is 1. The van der Waals surface area contributed by atoms with Crippen molar-refractivity contribution in [2.45, 2.75) is 74.6 Å². The minimum absolute atomic E-state index is 0.0119. The van der Waals surface area contributed by atoms with Crippen molar-refractivity contribution in [3.63, 3.8) is 0 Å². The van der Waals surface area contributed by atoms with Crippen LogP contribution in [-0.4, -0.2) is 140 Å². The lowest BCUT2D eigenvalue weighted by molar-refractivity contribution is -0.168. The van der Waals surface area contributed by atoms with Crippen LogP contribution in [0.5, 0.6) is 0 Å². The number of aliphatic hydroxyl groups is 2. The topological polar surface area (TPSA) is 368 Å². The largest absolute Gasteiger partial charge is 0.472 e. The maximum absolute atomic E-state index is 14.1. The van der Waals surface area contributed by atoms with Crippen LogP contribution in [0.1, 0.15) is 30.9 Å². The number of allylic oxidation sites excluding steroid dienone is 1. The summed E-state index contributed by atoms with van der Waals surface area (Å²) in [6.45, 7) is 1.31. The molecule has 26 nitrogen and oxygen atoms in total. The van der Waals surface area contributed by atoms with E-state index in [2.05, 4.69) is 31.0 Å². The number of phosphoric acid groups is 2. The van der Waals surface area contributed by atoms with E-state index in [-0.39, 0.29) is 42.4 Å². The normalized spacial score (nSPS) is 25.1. The molecule has 3 aromatic heterocycles. The van der Waals surface area contributed by atoms with Crippen LogP contribution in [0.2, 0.25) is 0 Å². The highest BCUT2D eigenvalue weighted by Gasteiger charge is 2.52. The Labute approximate surface area is 356 Å². The summed E-state index contributed by atoms with van der Waals surface area (Å²) in [5.41, 5.74) is 11.4. The summed E-state index contributed by atoms with van der Waals surface area (Å²) in [6.07, 6.45) is -8.74. The van der Waals surface area contributed by atoms with Crippen molar-refractivity contribution in [1.29, 1.82) is 0 Å². The van der Waals surface area contributed by atoms with Crippen LogP contribution in [0.15, 0.2) is 72.7 Å². The molecule has 10 atom stereocenters. The quantitative estimate of drug-likeness (QED) is 0.0327. The van der Waals surface area contributed by atoms with E-state index in [0.717, 1.165) is 27.6 Å². The van der Waals surface area contributed by atoms with Crippen LogP contribution in [0, 0.1) is 0 Å². The molecule has 0 bridgehead atoms. The number of imidazole rings is 1. The van der Waals surface area contributed by atoms with Crippen LogP contribution in [0.4, 0.5) is 11.6 Å². The highest BCUT2D eigenvalue weighted by Crippen LogP contribution is 2.50. The van der Waals surface area contributed by atoms with Gasteiger partial charge in [-0.2, -0.15) is 4.98 Å². The second-order valence-electron chi connectivity index (χ2n) is 14.1. The van der Waals surface area contributed by atoms with Gasteiger partial charge in [-0.05, 0) is 18.1 Å². The first kappa shape index (κ1) is 47.4. The molecule has 1 amide bonds. The third-order valence-electron chi connectivity index (χ3n) is 9.80. The molecule has 9 N–H and O–H groups in total. The SMILES string of the molecule is C=CCCC(=O)N(C)C(COCc1ccccc1)C(=O)O[C@H]1[C@@H](O)[C@H](n2cnc3c(N)ncnc32)O[C@@H]1COP(=O)(O)O[C@H]1[C@@H](O)[C@H](n2ccc(N)nc2=O)O[C@@H]1COP(=O)(O)O. The van der Waals surface area contributed by atoms with Crippen molar-refractivity contribution in [3.05, 3.63) is 84.0 Å². The lowest BCUT2D eigenvalue weighted by Gasteiger charge is -2.29. The molecule has 0 aliphatic carbocycles. The van der Waals surface area contributed by atoms with Gasteiger partial charge in [0.05, 0.1) is 32.8 Å². The molecule has 2 aliphatic heterocycles.